The van der Waals surface area contributed by atoms with Crippen LogP contribution >= 0.6 is 0 Å². The van der Waals surface area contributed by atoms with Gasteiger partial charge in [-0.3, -0.25) is 0 Å². The number of piperidine rings is 1. The molecular weight excluding hydrogens is 228 g/mol. The van der Waals surface area contributed by atoms with Crippen LogP contribution in [0.1, 0.15) is 40.0 Å². The summed E-state index contributed by atoms with van der Waals surface area (Å²) in [5, 5.41) is 2.83. The van der Waals surface area contributed by atoms with E-state index in [0.717, 1.165) is 18.4 Å². The number of carbonyl (C=O) groups is 1. The fourth-order valence-corrected chi connectivity index (χ4v) is 3.13. The summed E-state index contributed by atoms with van der Waals surface area (Å²) in [4.78, 5) is 14.0. The van der Waals surface area contributed by atoms with E-state index in [4.69, 9.17) is 4.74 Å². The minimum Gasteiger partial charge on any atom is -0.444 e. The van der Waals surface area contributed by atoms with Crippen LogP contribution in [-0.2, 0) is 4.74 Å². The lowest BCUT2D eigenvalue weighted by Crippen LogP contribution is -2.42. The van der Waals surface area contributed by atoms with Gasteiger partial charge in [-0.25, -0.2) is 4.79 Å². The molecule has 2 atom stereocenters. The molecule has 0 aromatic heterocycles. The fourth-order valence-electron chi connectivity index (χ4n) is 3.13. The Hall–Kier alpha value is -0.770. The Morgan fingerprint density at radius 1 is 1.28 bits per heavy atom. The highest BCUT2D eigenvalue weighted by Crippen LogP contribution is 2.35. The van der Waals surface area contributed by atoms with Crippen molar-refractivity contribution in [1.82, 2.24) is 10.2 Å². The maximum Gasteiger partial charge on any atom is 0.407 e. The average Bonchev–Trinajstić information content (AvgIpc) is 2.55. The molecule has 1 heterocycles. The van der Waals surface area contributed by atoms with Gasteiger partial charge in [0, 0.05) is 26.2 Å². The van der Waals surface area contributed by atoms with Crippen molar-refractivity contribution in [2.75, 3.05) is 26.2 Å². The quantitative estimate of drug-likeness (QED) is 0.840. The number of ether oxygens (including phenoxy) is 1. The zero-order valence-electron chi connectivity index (χ0n) is 11.9. The molecule has 2 fully saturated rings. The molecule has 4 nitrogen and oxygen atoms in total. The molecule has 1 N–H and O–H groups in total. The van der Waals surface area contributed by atoms with Gasteiger partial charge < -0.3 is 15.0 Å². The lowest BCUT2D eigenvalue weighted by Gasteiger charge is -2.31. The third-order valence-corrected chi connectivity index (χ3v) is 3.78. The van der Waals surface area contributed by atoms with Gasteiger partial charge in [-0.2, -0.15) is 0 Å². The van der Waals surface area contributed by atoms with Crippen LogP contribution in [0.5, 0.6) is 0 Å². The number of nitrogens with one attached hydrogen (secondary N) is 1. The number of alkyl carbamates (subject to hydrolysis) is 1. The average molecular weight is 254 g/mol. The second-order valence-corrected chi connectivity index (χ2v) is 6.73. The Morgan fingerprint density at radius 3 is 2.44 bits per heavy atom. The Kier molecular flexibility index (Phi) is 4.15. The van der Waals surface area contributed by atoms with E-state index in [2.05, 4.69) is 10.2 Å². The van der Waals surface area contributed by atoms with Crippen molar-refractivity contribution < 1.29 is 9.53 Å². The van der Waals surface area contributed by atoms with Gasteiger partial charge in [0.1, 0.15) is 5.60 Å². The summed E-state index contributed by atoms with van der Waals surface area (Å²) in [6.07, 6.45) is 3.93. The molecular formula is C14H26N2O2. The van der Waals surface area contributed by atoms with Gasteiger partial charge in [0.2, 0.25) is 0 Å². The molecule has 104 valence electrons. The summed E-state index contributed by atoms with van der Waals surface area (Å²) in [7, 11) is 0. The highest BCUT2D eigenvalue weighted by atomic mass is 16.6. The van der Waals surface area contributed by atoms with Crippen LogP contribution < -0.4 is 5.32 Å². The normalized spacial score (nSPS) is 28.2. The summed E-state index contributed by atoms with van der Waals surface area (Å²) in [5.41, 5.74) is -0.408. The largest absolute Gasteiger partial charge is 0.444 e. The monoisotopic (exact) mass is 254 g/mol. The summed E-state index contributed by atoms with van der Waals surface area (Å²) < 4.78 is 5.21. The van der Waals surface area contributed by atoms with E-state index in [1.807, 2.05) is 20.8 Å². The Morgan fingerprint density at radius 2 is 1.89 bits per heavy atom. The Labute approximate surface area is 110 Å². The number of fused-ring (bicyclic) bond motifs is 2. The van der Waals surface area contributed by atoms with Crippen LogP contribution in [0.3, 0.4) is 0 Å². The first-order valence-corrected chi connectivity index (χ1v) is 7.11. The number of hydrogen-bond acceptors (Lipinski definition) is 3. The van der Waals surface area contributed by atoms with Crippen molar-refractivity contribution in [2.24, 2.45) is 11.8 Å². The Bertz CT molecular complexity index is 287. The number of likely N-dealkylation sites (tertiary alicyclic amines) is 1. The molecule has 0 aromatic rings. The van der Waals surface area contributed by atoms with Gasteiger partial charge >= 0.3 is 6.09 Å². The number of carbonyl (C=O) groups excluding carboxylic acids is 1. The van der Waals surface area contributed by atoms with Crippen LogP contribution in [0.4, 0.5) is 4.79 Å². The van der Waals surface area contributed by atoms with Crippen LogP contribution in [0, 0.1) is 11.8 Å². The predicted octanol–water partition coefficient (Wildman–Crippen LogP) is 2.24. The number of nitrogens with zero attached hydrogens (tertiary/aromatic N) is 1. The maximum absolute atomic E-state index is 11.5. The molecule has 1 saturated carbocycles. The summed E-state index contributed by atoms with van der Waals surface area (Å²) in [6.45, 7) is 9.72. The molecule has 18 heavy (non-hydrogen) atoms. The van der Waals surface area contributed by atoms with E-state index in [-0.39, 0.29) is 6.09 Å². The third-order valence-electron chi connectivity index (χ3n) is 3.78. The number of hydrogen-bond donors (Lipinski definition) is 1. The molecule has 1 aliphatic heterocycles. The van der Waals surface area contributed by atoms with Gasteiger partial charge in [0.25, 0.3) is 0 Å². The topological polar surface area (TPSA) is 41.6 Å². The van der Waals surface area contributed by atoms with Gasteiger partial charge in [-0.15, -0.1) is 0 Å². The number of rotatable bonds is 3. The van der Waals surface area contributed by atoms with Crippen molar-refractivity contribution in [3.63, 3.8) is 0 Å². The van der Waals surface area contributed by atoms with E-state index in [1.54, 1.807) is 0 Å². The predicted molar refractivity (Wildman–Crippen MR) is 71.5 cm³/mol. The molecule has 1 amide bonds. The second-order valence-electron chi connectivity index (χ2n) is 6.73. The van der Waals surface area contributed by atoms with Crippen molar-refractivity contribution in [3.05, 3.63) is 0 Å². The van der Waals surface area contributed by atoms with Gasteiger partial charge in [0.05, 0.1) is 0 Å². The highest BCUT2D eigenvalue weighted by molar-refractivity contribution is 5.67. The fraction of sp³-hybridized carbons (Fsp3) is 0.929. The lowest BCUT2D eigenvalue weighted by molar-refractivity contribution is 0.0518. The van der Waals surface area contributed by atoms with E-state index in [9.17, 15) is 4.79 Å². The molecule has 0 radical (unpaired) electrons. The van der Waals surface area contributed by atoms with E-state index in [0.29, 0.717) is 6.54 Å². The van der Waals surface area contributed by atoms with Gasteiger partial charge in [-0.05, 0) is 51.9 Å². The summed E-state index contributed by atoms with van der Waals surface area (Å²) >= 11 is 0. The SMILES string of the molecule is CC(C)(C)OC(=O)NCCN1CC2CCC(C2)C1. The highest BCUT2D eigenvalue weighted by Gasteiger charge is 2.32. The molecule has 2 aliphatic rings. The first-order valence-electron chi connectivity index (χ1n) is 7.11. The molecule has 1 aliphatic carbocycles. The third kappa shape index (κ3) is 4.16. The van der Waals surface area contributed by atoms with Crippen molar-refractivity contribution >= 4 is 6.09 Å². The van der Waals surface area contributed by atoms with Crippen LogP contribution in [-0.4, -0.2) is 42.8 Å². The number of amides is 1. The first-order chi connectivity index (χ1) is 8.42. The van der Waals surface area contributed by atoms with Crippen LogP contribution in [0.2, 0.25) is 0 Å². The lowest BCUT2D eigenvalue weighted by atomic mass is 9.99. The zero-order chi connectivity index (χ0) is 13.2. The molecule has 0 spiro atoms. The van der Waals surface area contributed by atoms with Crippen molar-refractivity contribution in [3.8, 4) is 0 Å². The minimum atomic E-state index is -0.408. The standard InChI is InChI=1S/C14H26N2O2/c1-14(2,3)18-13(17)15-6-7-16-9-11-4-5-12(8-11)10-16/h11-12H,4-10H2,1-3H3,(H,15,17). The maximum atomic E-state index is 11.5. The molecule has 2 unspecified atom stereocenters. The van der Waals surface area contributed by atoms with Gasteiger partial charge in [-0.1, -0.05) is 0 Å². The molecule has 4 heteroatoms. The van der Waals surface area contributed by atoms with Gasteiger partial charge in [0.15, 0.2) is 0 Å². The molecule has 2 rings (SSSR count). The first kappa shape index (κ1) is 13.7. The summed E-state index contributed by atoms with van der Waals surface area (Å²) in [6, 6.07) is 0. The van der Waals surface area contributed by atoms with E-state index >= 15 is 0 Å². The zero-order valence-corrected chi connectivity index (χ0v) is 11.9. The smallest absolute Gasteiger partial charge is 0.407 e. The minimum absolute atomic E-state index is 0.303. The van der Waals surface area contributed by atoms with Crippen molar-refractivity contribution in [1.29, 1.82) is 0 Å². The van der Waals surface area contributed by atoms with E-state index in [1.165, 1.54) is 32.4 Å². The second kappa shape index (κ2) is 5.47. The van der Waals surface area contributed by atoms with E-state index < -0.39 is 5.60 Å². The Balaban J connectivity index is 1.62. The van der Waals surface area contributed by atoms with Crippen LogP contribution in [0.15, 0.2) is 0 Å². The molecule has 2 bridgehead atoms. The summed E-state index contributed by atoms with van der Waals surface area (Å²) in [5.74, 6) is 1.82. The molecule has 0 aromatic carbocycles. The molecule has 1 saturated heterocycles. The van der Waals surface area contributed by atoms with Crippen molar-refractivity contribution in [2.45, 2.75) is 45.6 Å². The van der Waals surface area contributed by atoms with Crippen LogP contribution in [0.25, 0.3) is 0 Å².